The fourth-order valence-corrected chi connectivity index (χ4v) is 3.04. The smallest absolute Gasteiger partial charge is 0.304 e. The van der Waals surface area contributed by atoms with Crippen LogP contribution in [-0.2, 0) is 4.79 Å². The van der Waals surface area contributed by atoms with E-state index in [9.17, 15) is 9.90 Å². The summed E-state index contributed by atoms with van der Waals surface area (Å²) < 4.78 is 26.9. The van der Waals surface area contributed by atoms with E-state index < -0.39 is 11.9 Å². The molecule has 0 amide bonds. The van der Waals surface area contributed by atoms with E-state index in [1.807, 2.05) is 6.07 Å². The summed E-state index contributed by atoms with van der Waals surface area (Å²) in [5, 5.41) is 9.41. The average Bonchev–Trinajstić information content (AvgIpc) is 3.12. The van der Waals surface area contributed by atoms with Gasteiger partial charge in [0.1, 0.15) is 0 Å². The van der Waals surface area contributed by atoms with Gasteiger partial charge in [0.2, 0.25) is 12.5 Å². The molecule has 0 unspecified atom stereocenters. The first-order valence-electron chi connectivity index (χ1n) is 7.98. The number of fused-ring (bicyclic) bond motifs is 1. The maximum atomic E-state index is 11.5. The summed E-state index contributed by atoms with van der Waals surface area (Å²) in [6.07, 6.45) is -0.0989. The van der Waals surface area contributed by atoms with Crippen LogP contribution in [0.5, 0.6) is 28.7 Å². The van der Waals surface area contributed by atoms with Crippen LogP contribution in [0.15, 0.2) is 30.3 Å². The normalized spacial score (nSPS) is 13.2. The molecule has 0 radical (unpaired) electrons. The zero-order chi connectivity index (χ0) is 18.7. The van der Waals surface area contributed by atoms with E-state index in [4.69, 9.17) is 23.7 Å². The van der Waals surface area contributed by atoms with Crippen molar-refractivity contribution in [3.63, 3.8) is 0 Å². The first kappa shape index (κ1) is 17.7. The molecule has 0 bridgehead atoms. The molecule has 0 fully saturated rings. The maximum Gasteiger partial charge on any atom is 0.304 e. The van der Waals surface area contributed by atoms with Gasteiger partial charge in [-0.05, 0) is 35.4 Å². The van der Waals surface area contributed by atoms with Crippen LogP contribution in [0.4, 0.5) is 0 Å². The highest BCUT2D eigenvalue weighted by atomic mass is 16.7. The number of rotatable bonds is 7. The van der Waals surface area contributed by atoms with Gasteiger partial charge >= 0.3 is 5.97 Å². The third-order valence-corrected chi connectivity index (χ3v) is 4.27. The van der Waals surface area contributed by atoms with Crippen LogP contribution in [0, 0.1) is 0 Å². The molecule has 2 aromatic carbocycles. The number of hydrogen-bond acceptors (Lipinski definition) is 6. The van der Waals surface area contributed by atoms with Crippen LogP contribution in [0.1, 0.15) is 23.5 Å². The number of benzene rings is 2. The highest BCUT2D eigenvalue weighted by molar-refractivity contribution is 5.70. The van der Waals surface area contributed by atoms with Crippen molar-refractivity contribution in [3.8, 4) is 28.7 Å². The van der Waals surface area contributed by atoms with Gasteiger partial charge in [0, 0.05) is 5.92 Å². The lowest BCUT2D eigenvalue weighted by molar-refractivity contribution is -0.137. The van der Waals surface area contributed by atoms with E-state index >= 15 is 0 Å². The lowest BCUT2D eigenvalue weighted by Gasteiger charge is -2.20. The molecule has 138 valence electrons. The standard InChI is InChI=1S/C19H20O7/c1-22-16-7-12(8-17(23-2)19(16)24-3)13(9-18(20)21)11-4-5-14-15(6-11)26-10-25-14/h4-8,13H,9-10H2,1-3H3,(H,20,21)/t13-/m0/s1. The van der Waals surface area contributed by atoms with E-state index in [0.29, 0.717) is 28.7 Å². The summed E-state index contributed by atoms with van der Waals surface area (Å²) in [4.78, 5) is 11.5. The van der Waals surface area contributed by atoms with E-state index in [2.05, 4.69) is 0 Å². The molecular weight excluding hydrogens is 340 g/mol. The minimum atomic E-state index is -0.915. The summed E-state index contributed by atoms with van der Waals surface area (Å²) >= 11 is 0. The number of carbonyl (C=O) groups is 1. The van der Waals surface area contributed by atoms with E-state index in [1.54, 1.807) is 24.3 Å². The second-order valence-corrected chi connectivity index (χ2v) is 5.72. The zero-order valence-electron chi connectivity index (χ0n) is 14.8. The number of ether oxygens (including phenoxy) is 5. The molecule has 0 saturated carbocycles. The third-order valence-electron chi connectivity index (χ3n) is 4.27. The Bertz CT molecular complexity index is 791. The first-order chi connectivity index (χ1) is 12.6. The Morgan fingerprint density at radius 1 is 1.00 bits per heavy atom. The molecule has 1 atom stereocenters. The van der Waals surface area contributed by atoms with Gasteiger partial charge in [0.05, 0.1) is 27.8 Å². The topological polar surface area (TPSA) is 83.5 Å². The molecule has 0 spiro atoms. The Morgan fingerprint density at radius 3 is 2.23 bits per heavy atom. The second kappa shape index (κ2) is 7.43. The average molecular weight is 360 g/mol. The molecule has 7 nitrogen and oxygen atoms in total. The van der Waals surface area contributed by atoms with Crippen molar-refractivity contribution < 1.29 is 33.6 Å². The summed E-state index contributed by atoms with van der Waals surface area (Å²) in [6, 6.07) is 8.95. The quantitative estimate of drug-likeness (QED) is 0.812. The van der Waals surface area contributed by atoms with Gasteiger partial charge in [-0.1, -0.05) is 6.07 Å². The van der Waals surface area contributed by atoms with Crippen molar-refractivity contribution in [3.05, 3.63) is 41.5 Å². The van der Waals surface area contributed by atoms with Crippen LogP contribution < -0.4 is 23.7 Å². The van der Waals surface area contributed by atoms with Crippen LogP contribution in [0.25, 0.3) is 0 Å². The lowest BCUT2D eigenvalue weighted by Crippen LogP contribution is -2.09. The van der Waals surface area contributed by atoms with Gasteiger partial charge in [-0.25, -0.2) is 0 Å². The Balaban J connectivity index is 2.09. The molecule has 26 heavy (non-hydrogen) atoms. The van der Waals surface area contributed by atoms with E-state index in [0.717, 1.165) is 11.1 Å². The minimum Gasteiger partial charge on any atom is -0.493 e. The predicted molar refractivity (Wildman–Crippen MR) is 92.8 cm³/mol. The molecule has 2 aromatic rings. The largest absolute Gasteiger partial charge is 0.493 e. The molecule has 1 aliphatic heterocycles. The van der Waals surface area contributed by atoms with Gasteiger partial charge in [-0.2, -0.15) is 0 Å². The van der Waals surface area contributed by atoms with Gasteiger partial charge in [-0.15, -0.1) is 0 Å². The molecule has 1 heterocycles. The summed E-state index contributed by atoms with van der Waals surface area (Å²) in [6.45, 7) is 0.159. The van der Waals surface area contributed by atoms with Crippen molar-refractivity contribution in [1.82, 2.24) is 0 Å². The van der Waals surface area contributed by atoms with Crippen LogP contribution in [0.2, 0.25) is 0 Å². The van der Waals surface area contributed by atoms with Crippen LogP contribution >= 0.6 is 0 Å². The monoisotopic (exact) mass is 360 g/mol. The minimum absolute atomic E-state index is 0.0989. The van der Waals surface area contributed by atoms with E-state index in [-0.39, 0.29) is 13.2 Å². The van der Waals surface area contributed by atoms with Crippen LogP contribution in [0.3, 0.4) is 0 Å². The Hall–Kier alpha value is -3.09. The fraction of sp³-hybridized carbons (Fsp3) is 0.316. The molecule has 0 saturated heterocycles. The Kier molecular flexibility index (Phi) is 5.06. The summed E-state index contributed by atoms with van der Waals surface area (Å²) in [5.74, 6) is 1.31. The van der Waals surface area contributed by atoms with Gasteiger partial charge in [0.25, 0.3) is 0 Å². The van der Waals surface area contributed by atoms with Gasteiger partial charge in [-0.3, -0.25) is 4.79 Å². The first-order valence-corrected chi connectivity index (χ1v) is 7.98. The van der Waals surface area contributed by atoms with Crippen molar-refractivity contribution in [1.29, 1.82) is 0 Å². The molecule has 7 heteroatoms. The Labute approximate surface area is 151 Å². The predicted octanol–water partition coefficient (Wildman–Crippen LogP) is 3.05. The summed E-state index contributed by atoms with van der Waals surface area (Å²) in [7, 11) is 4.56. The number of methoxy groups -OCH3 is 3. The van der Waals surface area contributed by atoms with Crippen molar-refractivity contribution in [2.45, 2.75) is 12.3 Å². The Morgan fingerprint density at radius 2 is 1.65 bits per heavy atom. The molecule has 3 rings (SSSR count). The van der Waals surface area contributed by atoms with E-state index in [1.165, 1.54) is 21.3 Å². The number of aliphatic carboxylic acids is 1. The molecular formula is C19H20O7. The number of hydrogen-bond donors (Lipinski definition) is 1. The SMILES string of the molecule is COc1cc([C@@H](CC(=O)O)c2ccc3c(c2)OCO3)cc(OC)c1OC. The van der Waals surface area contributed by atoms with Crippen molar-refractivity contribution >= 4 is 5.97 Å². The molecule has 1 N–H and O–H groups in total. The molecule has 0 aliphatic carbocycles. The van der Waals surface area contributed by atoms with Crippen molar-refractivity contribution in [2.75, 3.05) is 28.1 Å². The highest BCUT2D eigenvalue weighted by Crippen LogP contribution is 2.43. The van der Waals surface area contributed by atoms with Crippen molar-refractivity contribution in [2.24, 2.45) is 0 Å². The number of carboxylic acid groups (broad SMARTS) is 1. The zero-order valence-corrected chi connectivity index (χ0v) is 14.8. The van der Waals surface area contributed by atoms with Gasteiger partial charge < -0.3 is 28.8 Å². The summed E-state index contributed by atoms with van der Waals surface area (Å²) in [5.41, 5.74) is 1.53. The van der Waals surface area contributed by atoms with Gasteiger partial charge in [0.15, 0.2) is 23.0 Å². The highest BCUT2D eigenvalue weighted by Gasteiger charge is 2.24. The third kappa shape index (κ3) is 3.33. The molecule has 1 aliphatic rings. The number of carboxylic acids is 1. The second-order valence-electron chi connectivity index (χ2n) is 5.72. The fourth-order valence-electron chi connectivity index (χ4n) is 3.04. The maximum absolute atomic E-state index is 11.5. The lowest BCUT2D eigenvalue weighted by atomic mass is 9.88. The van der Waals surface area contributed by atoms with Crippen LogP contribution in [-0.4, -0.2) is 39.2 Å². The molecule has 0 aromatic heterocycles.